The number of nitrogens with zero attached hydrogens (tertiary/aromatic N) is 1. The van der Waals surface area contributed by atoms with Crippen LogP contribution in [0.3, 0.4) is 0 Å². The van der Waals surface area contributed by atoms with E-state index in [0.29, 0.717) is 41.9 Å². The molecule has 0 spiro atoms. The summed E-state index contributed by atoms with van der Waals surface area (Å²) >= 11 is 7.04. The Labute approximate surface area is 224 Å². The fourth-order valence-corrected chi connectivity index (χ4v) is 5.25. The number of carbonyl (C=O) groups is 4. The third-order valence-electron chi connectivity index (χ3n) is 5.82. The molecule has 0 atom stereocenters. The van der Waals surface area contributed by atoms with Gasteiger partial charge in [0.2, 0.25) is 5.13 Å². The maximum absolute atomic E-state index is 15.4. The predicted molar refractivity (Wildman–Crippen MR) is 139 cm³/mol. The summed E-state index contributed by atoms with van der Waals surface area (Å²) in [6.45, 7) is 3.96. The number of hydrogen-bond acceptors (Lipinski definition) is 7. The van der Waals surface area contributed by atoms with E-state index in [4.69, 9.17) is 21.1 Å². The van der Waals surface area contributed by atoms with Gasteiger partial charge in [-0.3, -0.25) is 14.4 Å². The molecule has 1 aliphatic carbocycles. The van der Waals surface area contributed by atoms with E-state index in [1.165, 1.54) is 12.1 Å². The van der Waals surface area contributed by atoms with Crippen molar-refractivity contribution in [2.75, 3.05) is 18.1 Å². The quantitative estimate of drug-likeness (QED) is 0.204. The first-order chi connectivity index (χ1) is 17.8. The van der Waals surface area contributed by atoms with Crippen LogP contribution >= 0.6 is 22.9 Å². The molecule has 1 aromatic carbocycles. The van der Waals surface area contributed by atoms with Gasteiger partial charge in [-0.15, -0.1) is 11.3 Å². The lowest BCUT2D eigenvalue weighted by molar-refractivity contribution is -0.142. The molecule has 7 nitrogen and oxygen atoms in total. The van der Waals surface area contributed by atoms with Gasteiger partial charge in [-0.25, -0.2) is 9.69 Å². The summed E-state index contributed by atoms with van der Waals surface area (Å²) in [5, 5.41) is -1.12. The number of ether oxygens (including phenoxy) is 2. The molecule has 1 aromatic heterocycles. The Balaban J connectivity index is 2.09. The number of amides is 2. The van der Waals surface area contributed by atoms with Crippen LogP contribution in [0.15, 0.2) is 41.5 Å². The number of esters is 2. The van der Waals surface area contributed by atoms with Gasteiger partial charge < -0.3 is 9.47 Å². The summed E-state index contributed by atoms with van der Waals surface area (Å²) in [6, 6.07) is 7.92. The van der Waals surface area contributed by atoms with Crippen molar-refractivity contribution in [3.63, 3.8) is 0 Å². The first kappa shape index (κ1) is 28.5. The van der Waals surface area contributed by atoms with E-state index in [1.54, 1.807) is 25.1 Å². The Morgan fingerprint density at radius 2 is 1.68 bits per heavy atom. The van der Waals surface area contributed by atoms with Crippen molar-refractivity contribution in [2.24, 2.45) is 0 Å². The second-order valence-electron chi connectivity index (χ2n) is 8.41. The zero-order valence-electron chi connectivity index (χ0n) is 20.8. The summed E-state index contributed by atoms with van der Waals surface area (Å²) in [6.07, 6.45) is 3.05. The minimum Gasteiger partial charge on any atom is -0.466 e. The van der Waals surface area contributed by atoms with E-state index in [-0.39, 0.29) is 52.7 Å². The molecule has 1 aliphatic rings. The van der Waals surface area contributed by atoms with Gasteiger partial charge in [0.05, 0.1) is 24.7 Å². The highest BCUT2D eigenvalue weighted by Crippen LogP contribution is 2.41. The zero-order chi connectivity index (χ0) is 26.9. The average molecular weight is 550 g/mol. The van der Waals surface area contributed by atoms with Crippen molar-refractivity contribution in [3.8, 4) is 0 Å². The van der Waals surface area contributed by atoms with E-state index in [9.17, 15) is 19.2 Å². The fourth-order valence-electron chi connectivity index (χ4n) is 3.97. The van der Waals surface area contributed by atoms with E-state index in [2.05, 4.69) is 0 Å². The standard InChI is InChI=1S/C27H29ClFNO6S/c1-3-5-15-36-27(34)19-14-10-9-13-18(19)26(33)30(25(32)17-11-7-6-8-12-17)23-22(28)20(37-24(23)29)16-21(31)35-4-2/h6-8,11-12H,3-5,9-10,13-16H2,1-2H3. The molecule has 0 unspecified atom stereocenters. The second-order valence-corrected chi connectivity index (χ2v) is 9.84. The number of rotatable bonds is 10. The second kappa shape index (κ2) is 13.5. The molecule has 2 aromatic rings. The van der Waals surface area contributed by atoms with Crippen molar-refractivity contribution >= 4 is 52.4 Å². The summed E-state index contributed by atoms with van der Waals surface area (Å²) in [4.78, 5) is 53.2. The van der Waals surface area contributed by atoms with Crippen LogP contribution in [-0.4, -0.2) is 37.0 Å². The van der Waals surface area contributed by atoms with E-state index < -0.39 is 34.6 Å². The van der Waals surface area contributed by atoms with E-state index >= 15 is 4.39 Å². The molecule has 2 amide bonds. The summed E-state index contributed by atoms with van der Waals surface area (Å²) in [5.41, 5.74) is -0.0168. The average Bonchev–Trinajstić information content (AvgIpc) is 3.17. The van der Waals surface area contributed by atoms with Crippen LogP contribution in [0.5, 0.6) is 0 Å². The van der Waals surface area contributed by atoms with Crippen LogP contribution in [-0.2, 0) is 30.3 Å². The molecular formula is C27H29ClFNO6S. The van der Waals surface area contributed by atoms with Crippen LogP contribution in [0.25, 0.3) is 0 Å². The molecule has 37 heavy (non-hydrogen) atoms. The highest BCUT2D eigenvalue weighted by Gasteiger charge is 2.37. The highest BCUT2D eigenvalue weighted by atomic mass is 35.5. The molecule has 1 heterocycles. The van der Waals surface area contributed by atoms with Gasteiger partial charge in [-0.05, 0) is 51.2 Å². The Morgan fingerprint density at radius 1 is 1.00 bits per heavy atom. The maximum Gasteiger partial charge on any atom is 0.334 e. The molecule has 0 bridgehead atoms. The van der Waals surface area contributed by atoms with Crippen LogP contribution in [0.4, 0.5) is 10.1 Å². The number of hydrogen-bond donors (Lipinski definition) is 0. The van der Waals surface area contributed by atoms with Crippen molar-refractivity contribution < 1.29 is 33.0 Å². The minimum absolute atomic E-state index is 0.102. The maximum atomic E-state index is 15.4. The van der Waals surface area contributed by atoms with Crippen molar-refractivity contribution in [1.82, 2.24) is 0 Å². The number of imide groups is 1. The molecule has 10 heteroatoms. The first-order valence-corrected chi connectivity index (χ1v) is 13.4. The lowest BCUT2D eigenvalue weighted by Crippen LogP contribution is -2.40. The SMILES string of the molecule is CCCCOC(=O)C1=C(C(=O)N(C(=O)c2ccccc2)c2c(F)sc(CC(=O)OCC)c2Cl)CCCC1. The van der Waals surface area contributed by atoms with Gasteiger partial charge in [0.25, 0.3) is 11.8 Å². The van der Waals surface area contributed by atoms with Gasteiger partial charge in [-0.2, -0.15) is 4.39 Å². The Hall–Kier alpha value is -3.04. The lowest BCUT2D eigenvalue weighted by atomic mass is 9.90. The van der Waals surface area contributed by atoms with Crippen LogP contribution < -0.4 is 4.90 Å². The smallest absolute Gasteiger partial charge is 0.334 e. The molecule has 0 radical (unpaired) electrons. The third-order valence-corrected chi connectivity index (χ3v) is 7.30. The summed E-state index contributed by atoms with van der Waals surface area (Å²) in [7, 11) is 0. The minimum atomic E-state index is -0.898. The topological polar surface area (TPSA) is 90.0 Å². The number of anilines is 1. The van der Waals surface area contributed by atoms with Crippen molar-refractivity contribution in [1.29, 1.82) is 0 Å². The zero-order valence-corrected chi connectivity index (χ0v) is 22.4. The largest absolute Gasteiger partial charge is 0.466 e. The predicted octanol–water partition coefficient (Wildman–Crippen LogP) is 6.03. The lowest BCUT2D eigenvalue weighted by Gasteiger charge is -2.25. The van der Waals surface area contributed by atoms with E-state index in [0.717, 1.165) is 6.42 Å². The van der Waals surface area contributed by atoms with Gasteiger partial charge in [-0.1, -0.05) is 43.1 Å². The van der Waals surface area contributed by atoms with Crippen molar-refractivity contribution in [2.45, 2.75) is 58.8 Å². The Morgan fingerprint density at radius 3 is 2.32 bits per heavy atom. The first-order valence-electron chi connectivity index (χ1n) is 12.2. The van der Waals surface area contributed by atoms with Gasteiger partial charge in [0, 0.05) is 21.6 Å². The molecule has 0 saturated carbocycles. The molecule has 0 N–H and O–H groups in total. The molecule has 0 aliphatic heterocycles. The van der Waals surface area contributed by atoms with E-state index in [1.807, 2.05) is 6.92 Å². The highest BCUT2D eigenvalue weighted by molar-refractivity contribution is 7.11. The van der Waals surface area contributed by atoms with Crippen molar-refractivity contribution in [3.05, 3.63) is 62.1 Å². The number of carbonyl (C=O) groups excluding carboxylic acids is 4. The summed E-state index contributed by atoms with van der Waals surface area (Å²) in [5.74, 6) is -2.86. The molecule has 198 valence electrons. The number of thiophene rings is 1. The third kappa shape index (κ3) is 6.84. The number of halogens is 2. The molecule has 0 fully saturated rings. The monoisotopic (exact) mass is 549 g/mol. The Bertz CT molecular complexity index is 1190. The Kier molecular flexibility index (Phi) is 10.4. The number of unbranched alkanes of at least 4 members (excludes halogenated alkanes) is 1. The fraction of sp³-hybridized carbons (Fsp3) is 0.407. The normalized spacial score (nSPS) is 13.3. The van der Waals surface area contributed by atoms with Gasteiger partial charge in [0.1, 0.15) is 5.69 Å². The molecule has 3 rings (SSSR count). The summed E-state index contributed by atoms with van der Waals surface area (Å²) < 4.78 is 25.6. The molecular weight excluding hydrogens is 521 g/mol. The van der Waals surface area contributed by atoms with Crippen LogP contribution in [0.2, 0.25) is 5.02 Å². The number of benzene rings is 1. The van der Waals surface area contributed by atoms with Crippen LogP contribution in [0, 0.1) is 5.13 Å². The molecule has 0 saturated heterocycles. The van der Waals surface area contributed by atoms with Crippen LogP contribution in [0.1, 0.15) is 67.6 Å². The van der Waals surface area contributed by atoms with Gasteiger partial charge >= 0.3 is 11.9 Å². The van der Waals surface area contributed by atoms with Gasteiger partial charge in [0.15, 0.2) is 0 Å².